The maximum absolute atomic E-state index is 12.7. The van der Waals surface area contributed by atoms with Crippen molar-refractivity contribution in [1.29, 1.82) is 0 Å². The van der Waals surface area contributed by atoms with E-state index in [2.05, 4.69) is 36.1 Å². The Bertz CT molecular complexity index is 477. The maximum Gasteiger partial charge on any atom is 0.274 e. The van der Waals surface area contributed by atoms with Crippen molar-refractivity contribution in [3.05, 3.63) is 18.1 Å². The molecule has 0 spiro atoms. The number of nitrogens with zero attached hydrogens (tertiary/aromatic N) is 3. The standard InChI is InChI=1S/C15H24N4O/c1-5-17-14-8-16-7-13(18-14)15(20)19-9-10(2)6-11(3)12(19)4/h7-8,10-12H,5-6,9H2,1-4H3,(H,17,18). The number of rotatable bonds is 3. The molecule has 3 unspecified atom stereocenters. The van der Waals surface area contributed by atoms with Crippen molar-refractivity contribution < 1.29 is 4.79 Å². The largest absolute Gasteiger partial charge is 0.369 e. The zero-order chi connectivity index (χ0) is 14.7. The fourth-order valence-electron chi connectivity index (χ4n) is 2.87. The number of hydrogen-bond acceptors (Lipinski definition) is 4. The fraction of sp³-hybridized carbons (Fsp3) is 0.667. The van der Waals surface area contributed by atoms with Crippen molar-refractivity contribution in [2.75, 3.05) is 18.4 Å². The van der Waals surface area contributed by atoms with E-state index in [0.717, 1.165) is 13.1 Å². The van der Waals surface area contributed by atoms with Crippen LogP contribution in [0.3, 0.4) is 0 Å². The molecule has 1 amide bonds. The predicted molar refractivity (Wildman–Crippen MR) is 79.6 cm³/mol. The molecule has 0 aliphatic carbocycles. The molecule has 1 aliphatic rings. The zero-order valence-corrected chi connectivity index (χ0v) is 12.8. The van der Waals surface area contributed by atoms with Gasteiger partial charge in [0, 0.05) is 19.1 Å². The van der Waals surface area contributed by atoms with E-state index in [9.17, 15) is 4.79 Å². The van der Waals surface area contributed by atoms with E-state index in [0.29, 0.717) is 23.3 Å². The summed E-state index contributed by atoms with van der Waals surface area (Å²) >= 11 is 0. The number of anilines is 1. The van der Waals surface area contributed by atoms with Crippen LogP contribution in [-0.2, 0) is 0 Å². The van der Waals surface area contributed by atoms with Crippen LogP contribution in [-0.4, -0.2) is 39.9 Å². The van der Waals surface area contributed by atoms with Crippen molar-refractivity contribution in [2.45, 2.75) is 40.2 Å². The van der Waals surface area contributed by atoms with Crippen molar-refractivity contribution in [3.63, 3.8) is 0 Å². The minimum atomic E-state index is -0.0110. The first-order valence-corrected chi connectivity index (χ1v) is 7.39. The van der Waals surface area contributed by atoms with Gasteiger partial charge in [0.2, 0.25) is 0 Å². The van der Waals surface area contributed by atoms with E-state index < -0.39 is 0 Å². The van der Waals surface area contributed by atoms with Crippen LogP contribution in [0.25, 0.3) is 0 Å². The normalized spacial score (nSPS) is 26.4. The highest BCUT2D eigenvalue weighted by Gasteiger charge is 2.33. The molecule has 1 aliphatic heterocycles. The zero-order valence-electron chi connectivity index (χ0n) is 12.8. The number of nitrogens with one attached hydrogen (secondary N) is 1. The lowest BCUT2D eigenvalue weighted by Gasteiger charge is -2.40. The SMILES string of the molecule is CCNc1cncc(C(=O)N2CC(C)CC(C)C2C)n1. The second-order valence-electron chi connectivity index (χ2n) is 5.84. The molecule has 1 aromatic heterocycles. The number of amides is 1. The van der Waals surface area contributed by atoms with Gasteiger partial charge in [0.1, 0.15) is 11.5 Å². The second kappa shape index (κ2) is 6.20. The predicted octanol–water partition coefficient (Wildman–Crippen LogP) is 2.42. The first kappa shape index (κ1) is 14.8. The second-order valence-corrected chi connectivity index (χ2v) is 5.84. The Morgan fingerprint density at radius 3 is 2.85 bits per heavy atom. The number of aromatic nitrogens is 2. The number of hydrogen-bond donors (Lipinski definition) is 1. The van der Waals surface area contributed by atoms with Gasteiger partial charge in [-0.15, -0.1) is 0 Å². The van der Waals surface area contributed by atoms with Crippen molar-refractivity contribution in [1.82, 2.24) is 14.9 Å². The number of carbonyl (C=O) groups excluding carboxylic acids is 1. The highest BCUT2D eigenvalue weighted by molar-refractivity contribution is 5.92. The molecule has 2 heterocycles. The molecule has 0 radical (unpaired) electrons. The monoisotopic (exact) mass is 276 g/mol. The summed E-state index contributed by atoms with van der Waals surface area (Å²) < 4.78 is 0. The van der Waals surface area contributed by atoms with Crippen molar-refractivity contribution in [3.8, 4) is 0 Å². The first-order valence-electron chi connectivity index (χ1n) is 7.39. The molecule has 110 valence electrons. The quantitative estimate of drug-likeness (QED) is 0.921. The summed E-state index contributed by atoms with van der Waals surface area (Å²) in [6.07, 6.45) is 4.37. The fourth-order valence-corrected chi connectivity index (χ4v) is 2.87. The van der Waals surface area contributed by atoms with Gasteiger partial charge in [-0.2, -0.15) is 0 Å². The Kier molecular flexibility index (Phi) is 4.57. The number of piperidine rings is 1. The smallest absolute Gasteiger partial charge is 0.274 e. The van der Waals surface area contributed by atoms with Gasteiger partial charge >= 0.3 is 0 Å². The molecule has 1 saturated heterocycles. The van der Waals surface area contributed by atoms with Crippen LogP contribution in [0.5, 0.6) is 0 Å². The summed E-state index contributed by atoms with van der Waals surface area (Å²) in [6.45, 7) is 10.1. The van der Waals surface area contributed by atoms with Crippen molar-refractivity contribution in [2.24, 2.45) is 11.8 Å². The van der Waals surface area contributed by atoms with Crippen molar-refractivity contribution >= 4 is 11.7 Å². The molecule has 1 fully saturated rings. The van der Waals surface area contributed by atoms with Crippen LogP contribution in [0.15, 0.2) is 12.4 Å². The van der Waals surface area contributed by atoms with Gasteiger partial charge < -0.3 is 10.2 Å². The minimum Gasteiger partial charge on any atom is -0.369 e. The molecule has 1 aromatic rings. The van der Waals surface area contributed by atoms with Crippen LogP contribution in [0.1, 0.15) is 44.6 Å². The lowest BCUT2D eigenvalue weighted by Crippen LogP contribution is -2.49. The van der Waals surface area contributed by atoms with Gasteiger partial charge in [-0.05, 0) is 32.1 Å². The minimum absolute atomic E-state index is 0.0110. The van der Waals surface area contributed by atoms with Crippen LogP contribution >= 0.6 is 0 Å². The molecule has 2 rings (SSSR count). The number of likely N-dealkylation sites (tertiary alicyclic amines) is 1. The lowest BCUT2D eigenvalue weighted by atomic mass is 9.86. The summed E-state index contributed by atoms with van der Waals surface area (Å²) in [6, 6.07) is 0.253. The Labute approximate surface area is 120 Å². The molecular formula is C15H24N4O. The van der Waals surface area contributed by atoms with Gasteiger partial charge in [0.05, 0.1) is 12.4 Å². The molecule has 0 aromatic carbocycles. The third kappa shape index (κ3) is 3.08. The lowest BCUT2D eigenvalue weighted by molar-refractivity contribution is 0.0449. The van der Waals surface area contributed by atoms with Crippen LogP contribution < -0.4 is 5.32 Å². The summed E-state index contributed by atoms with van der Waals surface area (Å²) in [5.74, 6) is 1.70. The Balaban J connectivity index is 2.19. The third-order valence-electron chi connectivity index (χ3n) is 4.07. The van der Waals surface area contributed by atoms with Gasteiger partial charge in [-0.1, -0.05) is 13.8 Å². The summed E-state index contributed by atoms with van der Waals surface area (Å²) in [7, 11) is 0. The molecule has 0 bridgehead atoms. The van der Waals surface area contributed by atoms with E-state index in [1.54, 1.807) is 12.4 Å². The Hall–Kier alpha value is -1.65. The Morgan fingerprint density at radius 2 is 2.15 bits per heavy atom. The molecule has 1 N–H and O–H groups in total. The molecular weight excluding hydrogens is 252 g/mol. The van der Waals surface area contributed by atoms with E-state index in [1.807, 2.05) is 11.8 Å². The van der Waals surface area contributed by atoms with Gasteiger partial charge in [-0.25, -0.2) is 4.98 Å². The molecule has 0 saturated carbocycles. The maximum atomic E-state index is 12.7. The molecule has 3 atom stereocenters. The van der Waals surface area contributed by atoms with E-state index in [-0.39, 0.29) is 11.9 Å². The van der Waals surface area contributed by atoms with E-state index in [4.69, 9.17) is 0 Å². The summed E-state index contributed by atoms with van der Waals surface area (Å²) in [5, 5.41) is 3.09. The van der Waals surface area contributed by atoms with Gasteiger partial charge in [0.25, 0.3) is 5.91 Å². The van der Waals surface area contributed by atoms with E-state index >= 15 is 0 Å². The van der Waals surface area contributed by atoms with Crippen LogP contribution in [0, 0.1) is 11.8 Å². The van der Waals surface area contributed by atoms with Crippen LogP contribution in [0.4, 0.5) is 5.82 Å². The molecule has 20 heavy (non-hydrogen) atoms. The summed E-state index contributed by atoms with van der Waals surface area (Å²) in [4.78, 5) is 23.1. The van der Waals surface area contributed by atoms with Crippen LogP contribution in [0.2, 0.25) is 0 Å². The van der Waals surface area contributed by atoms with E-state index in [1.165, 1.54) is 6.42 Å². The summed E-state index contributed by atoms with van der Waals surface area (Å²) in [5.41, 5.74) is 0.427. The number of carbonyl (C=O) groups is 1. The average Bonchev–Trinajstić information content (AvgIpc) is 2.43. The topological polar surface area (TPSA) is 58.1 Å². The third-order valence-corrected chi connectivity index (χ3v) is 4.07. The highest BCUT2D eigenvalue weighted by Crippen LogP contribution is 2.27. The molecule has 5 heteroatoms. The van der Waals surface area contributed by atoms with Gasteiger partial charge in [-0.3, -0.25) is 9.78 Å². The Morgan fingerprint density at radius 1 is 1.40 bits per heavy atom. The van der Waals surface area contributed by atoms with Gasteiger partial charge in [0.15, 0.2) is 0 Å². The molecule has 5 nitrogen and oxygen atoms in total. The first-order chi connectivity index (χ1) is 9.52. The highest BCUT2D eigenvalue weighted by atomic mass is 16.2. The average molecular weight is 276 g/mol.